The number of phenols is 1. The molecule has 24 heavy (non-hydrogen) atoms. The topological polar surface area (TPSA) is 66.8 Å². The molecule has 0 unspecified atom stereocenters. The number of phenolic OH excluding ortho intramolecular Hbond substituents is 1. The molecule has 0 bridgehead atoms. The van der Waals surface area contributed by atoms with Gasteiger partial charge in [0.2, 0.25) is 0 Å². The van der Waals surface area contributed by atoms with Gasteiger partial charge in [0.25, 0.3) is 5.91 Å². The van der Waals surface area contributed by atoms with E-state index in [9.17, 15) is 14.7 Å². The van der Waals surface area contributed by atoms with E-state index < -0.39 is 5.97 Å². The van der Waals surface area contributed by atoms with Crippen molar-refractivity contribution in [3.63, 3.8) is 0 Å². The number of carbonyl (C=O) groups is 2. The molecule has 0 aliphatic carbocycles. The van der Waals surface area contributed by atoms with Crippen LogP contribution in [0.3, 0.4) is 0 Å². The predicted octanol–water partition coefficient (Wildman–Crippen LogP) is 3.29. The van der Waals surface area contributed by atoms with Crippen LogP contribution in [0.5, 0.6) is 5.75 Å². The third kappa shape index (κ3) is 3.14. The second kappa shape index (κ2) is 6.65. The summed E-state index contributed by atoms with van der Waals surface area (Å²) in [6.07, 6.45) is 0.780. The van der Waals surface area contributed by atoms with Gasteiger partial charge in [-0.1, -0.05) is 34.1 Å². The van der Waals surface area contributed by atoms with Gasteiger partial charge in [-0.3, -0.25) is 4.79 Å². The van der Waals surface area contributed by atoms with E-state index in [-0.39, 0.29) is 29.9 Å². The van der Waals surface area contributed by atoms with Crippen LogP contribution >= 0.6 is 15.9 Å². The van der Waals surface area contributed by atoms with Gasteiger partial charge in [0.1, 0.15) is 11.3 Å². The number of anilines is 1. The van der Waals surface area contributed by atoms with Crippen LogP contribution in [-0.2, 0) is 16.0 Å². The SMILES string of the molecule is C[C@@H]1Cc2ccccc2N1C(=O)COC(=O)c1cc(Br)ccc1O. The van der Waals surface area contributed by atoms with Crippen molar-refractivity contribution in [1.82, 2.24) is 0 Å². The molecule has 0 spiro atoms. The summed E-state index contributed by atoms with van der Waals surface area (Å²) < 4.78 is 5.73. The Balaban J connectivity index is 1.70. The Morgan fingerprint density at radius 1 is 1.29 bits per heavy atom. The first-order valence-corrected chi connectivity index (χ1v) is 8.32. The highest BCUT2D eigenvalue weighted by molar-refractivity contribution is 9.10. The summed E-state index contributed by atoms with van der Waals surface area (Å²) in [6.45, 7) is 1.59. The zero-order valence-corrected chi connectivity index (χ0v) is 14.6. The Morgan fingerprint density at radius 3 is 2.83 bits per heavy atom. The number of nitrogens with zero attached hydrogens (tertiary/aromatic N) is 1. The highest BCUT2D eigenvalue weighted by Crippen LogP contribution is 2.32. The molecule has 0 saturated heterocycles. The monoisotopic (exact) mass is 389 g/mol. The lowest BCUT2D eigenvalue weighted by atomic mass is 10.1. The molecule has 2 aromatic rings. The molecule has 0 saturated carbocycles. The van der Waals surface area contributed by atoms with Gasteiger partial charge in [-0.05, 0) is 43.2 Å². The minimum absolute atomic E-state index is 0.0204. The van der Waals surface area contributed by atoms with E-state index in [2.05, 4.69) is 15.9 Å². The fourth-order valence-corrected chi connectivity index (χ4v) is 3.25. The first-order valence-electron chi connectivity index (χ1n) is 7.53. The van der Waals surface area contributed by atoms with Crippen molar-refractivity contribution >= 4 is 33.5 Å². The summed E-state index contributed by atoms with van der Waals surface area (Å²) >= 11 is 3.23. The fourth-order valence-electron chi connectivity index (χ4n) is 2.89. The van der Waals surface area contributed by atoms with E-state index in [0.29, 0.717) is 4.47 Å². The molecule has 1 aliphatic heterocycles. The Morgan fingerprint density at radius 2 is 2.04 bits per heavy atom. The van der Waals surface area contributed by atoms with Crippen molar-refractivity contribution in [1.29, 1.82) is 0 Å². The molecule has 1 heterocycles. The van der Waals surface area contributed by atoms with Crippen LogP contribution in [-0.4, -0.2) is 29.6 Å². The minimum Gasteiger partial charge on any atom is -0.507 e. The van der Waals surface area contributed by atoms with Crippen molar-refractivity contribution < 1.29 is 19.4 Å². The lowest BCUT2D eigenvalue weighted by Gasteiger charge is -2.22. The maximum Gasteiger partial charge on any atom is 0.342 e. The summed E-state index contributed by atoms with van der Waals surface area (Å²) in [5.74, 6) is -1.20. The average Bonchev–Trinajstić information content (AvgIpc) is 2.90. The van der Waals surface area contributed by atoms with Crippen LogP contribution in [0.15, 0.2) is 46.9 Å². The Labute approximate surface area is 148 Å². The van der Waals surface area contributed by atoms with Gasteiger partial charge in [-0.15, -0.1) is 0 Å². The van der Waals surface area contributed by atoms with E-state index in [1.165, 1.54) is 12.1 Å². The van der Waals surface area contributed by atoms with Crippen molar-refractivity contribution in [2.24, 2.45) is 0 Å². The van der Waals surface area contributed by atoms with Gasteiger partial charge < -0.3 is 14.7 Å². The van der Waals surface area contributed by atoms with E-state index in [1.807, 2.05) is 31.2 Å². The molecular formula is C18H16BrNO4. The van der Waals surface area contributed by atoms with E-state index in [4.69, 9.17) is 4.74 Å². The molecule has 2 aromatic carbocycles. The van der Waals surface area contributed by atoms with Gasteiger partial charge >= 0.3 is 5.97 Å². The van der Waals surface area contributed by atoms with Crippen LogP contribution in [0.25, 0.3) is 0 Å². The highest BCUT2D eigenvalue weighted by atomic mass is 79.9. The molecule has 3 rings (SSSR count). The Bertz CT molecular complexity index is 805. The second-order valence-corrected chi connectivity index (χ2v) is 6.60. The zero-order chi connectivity index (χ0) is 17.3. The summed E-state index contributed by atoms with van der Waals surface area (Å²) in [5, 5.41) is 9.74. The zero-order valence-electron chi connectivity index (χ0n) is 13.0. The summed E-state index contributed by atoms with van der Waals surface area (Å²) in [4.78, 5) is 26.2. The van der Waals surface area contributed by atoms with Crippen LogP contribution in [0.2, 0.25) is 0 Å². The third-order valence-electron chi connectivity index (χ3n) is 3.98. The first kappa shape index (κ1) is 16.5. The summed E-state index contributed by atoms with van der Waals surface area (Å²) in [5.41, 5.74) is 1.98. The molecule has 6 heteroatoms. The lowest BCUT2D eigenvalue weighted by Crippen LogP contribution is -2.38. The van der Waals surface area contributed by atoms with Gasteiger partial charge in [-0.2, -0.15) is 0 Å². The van der Waals surface area contributed by atoms with Crippen LogP contribution in [0.1, 0.15) is 22.8 Å². The molecule has 0 radical (unpaired) electrons. The molecule has 0 fully saturated rings. The van der Waals surface area contributed by atoms with Gasteiger partial charge in [-0.25, -0.2) is 4.79 Å². The quantitative estimate of drug-likeness (QED) is 0.817. The maximum atomic E-state index is 12.5. The lowest BCUT2D eigenvalue weighted by molar-refractivity contribution is -0.122. The number of hydrogen-bond acceptors (Lipinski definition) is 4. The standard InChI is InChI=1S/C18H16BrNO4/c1-11-8-12-4-2-3-5-15(12)20(11)17(22)10-24-18(23)14-9-13(19)6-7-16(14)21/h2-7,9,11,21H,8,10H2,1H3/t11-/m1/s1. The number of aromatic hydroxyl groups is 1. The number of fused-ring (bicyclic) bond motifs is 1. The van der Waals surface area contributed by atoms with Gasteiger partial charge in [0, 0.05) is 16.2 Å². The van der Waals surface area contributed by atoms with Crippen LogP contribution in [0.4, 0.5) is 5.69 Å². The van der Waals surface area contributed by atoms with Crippen molar-refractivity contribution in [2.75, 3.05) is 11.5 Å². The maximum absolute atomic E-state index is 12.5. The number of para-hydroxylation sites is 1. The second-order valence-electron chi connectivity index (χ2n) is 5.68. The molecule has 1 N–H and O–H groups in total. The average molecular weight is 390 g/mol. The number of carbonyl (C=O) groups excluding carboxylic acids is 2. The largest absolute Gasteiger partial charge is 0.507 e. The van der Waals surface area contributed by atoms with Crippen LogP contribution < -0.4 is 4.90 Å². The molecule has 1 aliphatic rings. The normalized spacial score (nSPS) is 15.9. The van der Waals surface area contributed by atoms with Gasteiger partial charge in [0.05, 0.1) is 0 Å². The van der Waals surface area contributed by atoms with Crippen molar-refractivity contribution in [3.8, 4) is 5.75 Å². The Kier molecular flexibility index (Phi) is 4.57. The number of esters is 1. The van der Waals surface area contributed by atoms with Crippen molar-refractivity contribution in [2.45, 2.75) is 19.4 Å². The number of rotatable bonds is 3. The number of halogens is 1. The third-order valence-corrected chi connectivity index (χ3v) is 4.47. The molecule has 124 valence electrons. The first-order chi connectivity index (χ1) is 11.5. The van der Waals surface area contributed by atoms with E-state index in [1.54, 1.807) is 11.0 Å². The molecule has 0 aromatic heterocycles. The summed E-state index contributed by atoms with van der Waals surface area (Å²) in [6, 6.07) is 12.2. The molecule has 1 amide bonds. The number of ether oxygens (including phenoxy) is 1. The number of hydrogen-bond donors (Lipinski definition) is 1. The van der Waals surface area contributed by atoms with Crippen molar-refractivity contribution in [3.05, 3.63) is 58.1 Å². The predicted molar refractivity (Wildman–Crippen MR) is 93.2 cm³/mol. The summed E-state index contributed by atoms with van der Waals surface area (Å²) in [7, 11) is 0. The highest BCUT2D eigenvalue weighted by Gasteiger charge is 2.31. The molecule has 5 nitrogen and oxygen atoms in total. The van der Waals surface area contributed by atoms with Crippen LogP contribution in [0, 0.1) is 0 Å². The minimum atomic E-state index is -0.734. The number of benzene rings is 2. The van der Waals surface area contributed by atoms with E-state index in [0.717, 1.165) is 17.7 Å². The number of amides is 1. The van der Waals surface area contributed by atoms with Gasteiger partial charge in [0.15, 0.2) is 6.61 Å². The Hall–Kier alpha value is -2.34. The fraction of sp³-hybridized carbons (Fsp3) is 0.222. The smallest absolute Gasteiger partial charge is 0.342 e. The molecule has 1 atom stereocenters. The van der Waals surface area contributed by atoms with E-state index >= 15 is 0 Å². The molecular weight excluding hydrogens is 374 g/mol.